The highest BCUT2D eigenvalue weighted by atomic mass is 32.2. The minimum absolute atomic E-state index is 0.322. The predicted molar refractivity (Wildman–Crippen MR) is 55.4 cm³/mol. The molecule has 0 amide bonds. The molecule has 3 aliphatic rings. The van der Waals surface area contributed by atoms with E-state index in [2.05, 4.69) is 0 Å². The van der Waals surface area contributed by atoms with Crippen LogP contribution in [0.1, 0.15) is 26.2 Å². The third-order valence-corrected chi connectivity index (χ3v) is 5.92. The average Bonchev–Trinajstić information content (AvgIpc) is 2.62. The van der Waals surface area contributed by atoms with Crippen molar-refractivity contribution >= 4 is 10.1 Å². The van der Waals surface area contributed by atoms with Crippen LogP contribution in [0.25, 0.3) is 0 Å². The third-order valence-electron chi connectivity index (χ3n) is 4.61. The molecule has 1 heterocycles. The maximum absolute atomic E-state index is 11.3. The van der Waals surface area contributed by atoms with Gasteiger partial charge in [-0.25, -0.2) is 0 Å². The van der Waals surface area contributed by atoms with Crippen molar-refractivity contribution in [3.63, 3.8) is 0 Å². The fraction of sp³-hybridized carbons (Fsp3) is 1.00. The van der Waals surface area contributed by atoms with E-state index in [1.165, 1.54) is 0 Å². The molecular weight excluding hydrogens is 232 g/mol. The molecule has 5 nitrogen and oxygen atoms in total. The van der Waals surface area contributed by atoms with Crippen molar-refractivity contribution in [2.45, 2.75) is 37.2 Å². The van der Waals surface area contributed by atoms with Crippen LogP contribution >= 0.6 is 0 Å². The molecule has 0 aromatic rings. The van der Waals surface area contributed by atoms with Crippen LogP contribution < -0.4 is 0 Å². The number of hydrogen-bond donors (Lipinski definition) is 1. The van der Waals surface area contributed by atoms with Crippen molar-refractivity contribution < 1.29 is 22.4 Å². The Morgan fingerprint density at radius 2 is 2.00 bits per heavy atom. The Hall–Kier alpha value is -0.170. The van der Waals surface area contributed by atoms with Crippen LogP contribution in [0.3, 0.4) is 0 Å². The minimum Gasteiger partial charge on any atom is -0.347 e. The second kappa shape index (κ2) is 2.98. The molecule has 1 N–H and O–H groups in total. The summed E-state index contributed by atoms with van der Waals surface area (Å²) in [6, 6.07) is 0. The van der Waals surface area contributed by atoms with Crippen molar-refractivity contribution in [2.24, 2.45) is 11.3 Å². The quantitative estimate of drug-likeness (QED) is 0.732. The molecule has 1 aliphatic heterocycles. The lowest BCUT2D eigenvalue weighted by Crippen LogP contribution is -2.47. The summed E-state index contributed by atoms with van der Waals surface area (Å²) in [5.41, 5.74) is -0.503. The Morgan fingerprint density at radius 3 is 2.50 bits per heavy atom. The SMILES string of the molecule is CC(C12CC1CCC21OCCO1)S(=O)(=O)O. The molecule has 0 bridgehead atoms. The van der Waals surface area contributed by atoms with Gasteiger partial charge in [0.15, 0.2) is 5.79 Å². The molecule has 2 aliphatic carbocycles. The van der Waals surface area contributed by atoms with E-state index in [1.54, 1.807) is 6.92 Å². The Bertz CT molecular complexity index is 405. The average molecular weight is 248 g/mol. The van der Waals surface area contributed by atoms with E-state index in [4.69, 9.17) is 9.47 Å². The van der Waals surface area contributed by atoms with Gasteiger partial charge < -0.3 is 9.47 Å². The van der Waals surface area contributed by atoms with Crippen molar-refractivity contribution in [2.75, 3.05) is 13.2 Å². The van der Waals surface area contributed by atoms with Gasteiger partial charge >= 0.3 is 0 Å². The third kappa shape index (κ3) is 1.13. The first-order chi connectivity index (χ1) is 7.42. The number of hydrogen-bond acceptors (Lipinski definition) is 4. The monoisotopic (exact) mass is 248 g/mol. The highest BCUT2D eigenvalue weighted by Gasteiger charge is 2.77. The summed E-state index contributed by atoms with van der Waals surface area (Å²) in [5, 5.41) is -0.800. The molecule has 1 spiro atoms. The molecule has 0 aromatic heterocycles. The minimum atomic E-state index is -4.03. The van der Waals surface area contributed by atoms with Gasteiger partial charge in [-0.05, 0) is 25.7 Å². The Morgan fingerprint density at radius 1 is 1.38 bits per heavy atom. The van der Waals surface area contributed by atoms with Gasteiger partial charge in [-0.15, -0.1) is 0 Å². The van der Waals surface area contributed by atoms with Gasteiger partial charge in [-0.3, -0.25) is 4.55 Å². The van der Waals surface area contributed by atoms with Crippen LogP contribution in [0.15, 0.2) is 0 Å². The molecule has 3 fully saturated rings. The summed E-state index contributed by atoms with van der Waals surface area (Å²) in [5.74, 6) is -0.421. The van der Waals surface area contributed by atoms with E-state index < -0.39 is 26.6 Å². The molecule has 2 saturated carbocycles. The van der Waals surface area contributed by atoms with E-state index in [1.807, 2.05) is 0 Å². The van der Waals surface area contributed by atoms with Gasteiger partial charge in [0.1, 0.15) is 0 Å². The van der Waals surface area contributed by atoms with Gasteiger partial charge in [0.05, 0.1) is 18.5 Å². The fourth-order valence-corrected chi connectivity index (χ4v) is 4.71. The summed E-state index contributed by atoms with van der Waals surface area (Å²) in [6.07, 6.45) is 2.46. The zero-order chi connectivity index (χ0) is 11.6. The molecular formula is C10H16O5S. The molecule has 16 heavy (non-hydrogen) atoms. The molecule has 0 aromatic carbocycles. The van der Waals surface area contributed by atoms with E-state index in [0.29, 0.717) is 19.1 Å². The summed E-state index contributed by atoms with van der Waals surface area (Å²) in [7, 11) is -4.03. The van der Waals surface area contributed by atoms with E-state index in [-0.39, 0.29) is 0 Å². The van der Waals surface area contributed by atoms with Gasteiger partial charge in [0.2, 0.25) is 0 Å². The van der Waals surface area contributed by atoms with Crippen molar-refractivity contribution in [1.82, 2.24) is 0 Å². The molecule has 3 rings (SSSR count). The van der Waals surface area contributed by atoms with Crippen LogP contribution in [0, 0.1) is 11.3 Å². The fourth-order valence-electron chi connectivity index (χ4n) is 3.71. The van der Waals surface area contributed by atoms with E-state index in [9.17, 15) is 13.0 Å². The Balaban J connectivity index is 1.99. The van der Waals surface area contributed by atoms with Gasteiger partial charge in [-0.1, -0.05) is 0 Å². The molecule has 92 valence electrons. The zero-order valence-corrected chi connectivity index (χ0v) is 10.00. The molecule has 6 heteroatoms. The summed E-state index contributed by atoms with van der Waals surface area (Å²) < 4.78 is 43.3. The number of ether oxygens (including phenoxy) is 2. The maximum atomic E-state index is 11.3. The van der Waals surface area contributed by atoms with Crippen LogP contribution in [-0.4, -0.2) is 37.2 Å². The van der Waals surface area contributed by atoms with Crippen LogP contribution in [0.4, 0.5) is 0 Å². The smallest absolute Gasteiger partial charge is 0.268 e. The second-order valence-electron chi connectivity index (χ2n) is 5.09. The second-order valence-corrected chi connectivity index (χ2v) is 6.82. The highest BCUT2D eigenvalue weighted by Crippen LogP contribution is 2.73. The summed E-state index contributed by atoms with van der Waals surface area (Å²) >= 11 is 0. The van der Waals surface area contributed by atoms with E-state index >= 15 is 0 Å². The standard InChI is InChI=1S/C10H16O5S/c1-7(16(11,12)13)9-6-8(9)2-3-10(9)14-4-5-15-10/h7-8H,2-6H2,1H3,(H,11,12,13). The van der Waals surface area contributed by atoms with Crippen molar-refractivity contribution in [1.29, 1.82) is 0 Å². The zero-order valence-electron chi connectivity index (χ0n) is 9.18. The Kier molecular flexibility index (Phi) is 2.04. The van der Waals surface area contributed by atoms with Crippen molar-refractivity contribution in [3.8, 4) is 0 Å². The van der Waals surface area contributed by atoms with Crippen LogP contribution in [-0.2, 0) is 19.6 Å². The lowest BCUT2D eigenvalue weighted by molar-refractivity contribution is -0.198. The van der Waals surface area contributed by atoms with Gasteiger partial charge in [0, 0.05) is 11.8 Å². The summed E-state index contributed by atoms with van der Waals surface area (Å²) in [4.78, 5) is 0. The van der Waals surface area contributed by atoms with Crippen molar-refractivity contribution in [3.05, 3.63) is 0 Å². The molecule has 0 radical (unpaired) electrons. The molecule has 1 saturated heterocycles. The first-order valence-electron chi connectivity index (χ1n) is 5.67. The largest absolute Gasteiger partial charge is 0.347 e. The topological polar surface area (TPSA) is 72.8 Å². The first kappa shape index (κ1) is 11.0. The lowest BCUT2D eigenvalue weighted by atomic mass is 9.93. The van der Waals surface area contributed by atoms with E-state index in [0.717, 1.165) is 19.3 Å². The van der Waals surface area contributed by atoms with Gasteiger partial charge in [0.25, 0.3) is 10.1 Å². The molecule has 3 atom stereocenters. The number of rotatable bonds is 2. The maximum Gasteiger partial charge on any atom is 0.268 e. The summed E-state index contributed by atoms with van der Waals surface area (Å²) in [6.45, 7) is 2.60. The highest BCUT2D eigenvalue weighted by molar-refractivity contribution is 7.86. The lowest BCUT2D eigenvalue weighted by Gasteiger charge is -2.35. The van der Waals surface area contributed by atoms with Crippen LogP contribution in [0.5, 0.6) is 0 Å². The number of fused-ring (bicyclic) bond motifs is 2. The Labute approximate surface area is 94.9 Å². The normalized spacial score (nSPS) is 42.2. The van der Waals surface area contributed by atoms with Crippen LogP contribution in [0.2, 0.25) is 0 Å². The molecule has 3 unspecified atom stereocenters. The van der Waals surface area contributed by atoms with Gasteiger partial charge in [-0.2, -0.15) is 8.42 Å². The first-order valence-corrected chi connectivity index (χ1v) is 7.17. The predicted octanol–water partition coefficient (Wildman–Crippen LogP) is 0.806.